The first-order valence-corrected chi connectivity index (χ1v) is 12.8. The number of para-hydroxylation sites is 1. The molecule has 0 fully saturated rings. The summed E-state index contributed by atoms with van der Waals surface area (Å²) < 4.78 is 5.73. The quantitative estimate of drug-likeness (QED) is 0.388. The van der Waals surface area contributed by atoms with E-state index < -0.39 is 54.1 Å². The Morgan fingerprint density at radius 2 is 1.64 bits per heavy atom. The number of fused-ring (bicyclic) bond motifs is 1. The van der Waals surface area contributed by atoms with Gasteiger partial charge in [0.1, 0.15) is 23.9 Å². The van der Waals surface area contributed by atoms with Gasteiger partial charge >= 0.3 is 5.97 Å². The molecule has 4 amide bonds. The van der Waals surface area contributed by atoms with Crippen molar-refractivity contribution in [1.82, 2.24) is 21.3 Å². The normalized spacial score (nSPS) is 21.7. The van der Waals surface area contributed by atoms with E-state index in [9.17, 15) is 29.1 Å². The molecule has 5 N–H and O–H groups in total. The number of benzene rings is 2. The molecule has 39 heavy (non-hydrogen) atoms. The molecule has 0 unspecified atom stereocenters. The lowest BCUT2D eigenvalue weighted by atomic mass is 10.0. The van der Waals surface area contributed by atoms with Crippen LogP contribution >= 0.6 is 0 Å². The highest BCUT2D eigenvalue weighted by molar-refractivity contribution is 6.00. The summed E-state index contributed by atoms with van der Waals surface area (Å²) in [5, 5.41) is 20.1. The molecular formula is C28H34N4O7. The molecule has 11 heteroatoms. The molecule has 11 nitrogen and oxygen atoms in total. The molecule has 208 valence electrons. The number of hydrogen-bond donors (Lipinski definition) is 5. The predicted octanol–water partition coefficient (Wildman–Crippen LogP) is 1.03. The first kappa shape index (κ1) is 29.2. The van der Waals surface area contributed by atoms with Crippen LogP contribution in [0.3, 0.4) is 0 Å². The molecular weight excluding hydrogens is 504 g/mol. The third-order valence-electron chi connectivity index (χ3n) is 6.18. The van der Waals surface area contributed by atoms with Crippen molar-refractivity contribution in [1.29, 1.82) is 0 Å². The number of carboxylic acid groups (broad SMARTS) is 1. The number of amides is 4. The van der Waals surface area contributed by atoms with Crippen molar-refractivity contribution in [2.45, 2.75) is 51.2 Å². The lowest BCUT2D eigenvalue weighted by Crippen LogP contribution is -2.56. The average Bonchev–Trinajstić information content (AvgIpc) is 2.90. The molecule has 0 aromatic heterocycles. The Kier molecular flexibility index (Phi) is 10.4. The third kappa shape index (κ3) is 8.56. The summed E-state index contributed by atoms with van der Waals surface area (Å²) in [6.07, 6.45) is 0.0405. The molecule has 1 heterocycles. The van der Waals surface area contributed by atoms with Gasteiger partial charge in [-0.2, -0.15) is 0 Å². The Morgan fingerprint density at radius 3 is 2.33 bits per heavy atom. The minimum absolute atomic E-state index is 0.108. The van der Waals surface area contributed by atoms with Gasteiger partial charge in [0.05, 0.1) is 18.6 Å². The van der Waals surface area contributed by atoms with E-state index in [1.165, 1.54) is 6.07 Å². The number of hydrogen-bond acceptors (Lipinski definition) is 6. The molecule has 2 aromatic rings. The van der Waals surface area contributed by atoms with Crippen LogP contribution in [0.25, 0.3) is 0 Å². The van der Waals surface area contributed by atoms with Crippen molar-refractivity contribution in [3.63, 3.8) is 0 Å². The van der Waals surface area contributed by atoms with Crippen molar-refractivity contribution in [2.75, 3.05) is 13.2 Å². The number of carbonyl (C=O) groups excluding carboxylic acids is 4. The Bertz CT molecular complexity index is 1190. The van der Waals surface area contributed by atoms with Gasteiger partial charge < -0.3 is 31.1 Å². The zero-order chi connectivity index (χ0) is 28.4. The molecule has 3 atom stereocenters. The van der Waals surface area contributed by atoms with Crippen molar-refractivity contribution in [2.24, 2.45) is 5.92 Å². The van der Waals surface area contributed by atoms with Crippen molar-refractivity contribution >= 4 is 29.6 Å². The molecule has 1 aliphatic heterocycles. The molecule has 1 aliphatic rings. The van der Waals surface area contributed by atoms with E-state index >= 15 is 0 Å². The molecule has 0 saturated heterocycles. The number of carbonyl (C=O) groups is 5. The second-order valence-corrected chi connectivity index (χ2v) is 9.60. The van der Waals surface area contributed by atoms with E-state index in [0.29, 0.717) is 6.42 Å². The fourth-order valence-corrected chi connectivity index (χ4v) is 4.08. The maximum Gasteiger partial charge on any atom is 0.326 e. The second-order valence-electron chi connectivity index (χ2n) is 9.60. The lowest BCUT2D eigenvalue weighted by molar-refractivity contribution is -0.141. The lowest BCUT2D eigenvalue weighted by Gasteiger charge is -2.26. The highest BCUT2D eigenvalue weighted by Gasteiger charge is 2.31. The van der Waals surface area contributed by atoms with E-state index in [1.54, 1.807) is 32.0 Å². The van der Waals surface area contributed by atoms with Gasteiger partial charge in [0.25, 0.3) is 5.91 Å². The van der Waals surface area contributed by atoms with Crippen molar-refractivity contribution < 1.29 is 33.8 Å². The van der Waals surface area contributed by atoms with Crippen molar-refractivity contribution in [3.05, 3.63) is 65.7 Å². The highest BCUT2D eigenvalue weighted by atomic mass is 16.5. The molecule has 0 aliphatic carbocycles. The zero-order valence-corrected chi connectivity index (χ0v) is 21.9. The van der Waals surface area contributed by atoms with E-state index in [2.05, 4.69) is 21.3 Å². The van der Waals surface area contributed by atoms with Gasteiger partial charge in [-0.1, -0.05) is 56.3 Å². The summed E-state index contributed by atoms with van der Waals surface area (Å²) in [5.41, 5.74) is 0.946. The monoisotopic (exact) mass is 538 g/mol. The van der Waals surface area contributed by atoms with Crippen LogP contribution in [0, 0.1) is 5.92 Å². The van der Waals surface area contributed by atoms with E-state index in [-0.39, 0.29) is 36.8 Å². The third-order valence-corrected chi connectivity index (χ3v) is 6.18. The summed E-state index contributed by atoms with van der Waals surface area (Å²) in [7, 11) is 0. The van der Waals surface area contributed by atoms with Crippen LogP contribution in [0.5, 0.6) is 5.75 Å². The van der Waals surface area contributed by atoms with E-state index in [4.69, 9.17) is 4.74 Å². The Labute approximate surface area is 226 Å². The van der Waals surface area contributed by atoms with Gasteiger partial charge in [0, 0.05) is 13.0 Å². The van der Waals surface area contributed by atoms with Crippen LogP contribution in [0.2, 0.25) is 0 Å². The first-order chi connectivity index (χ1) is 18.7. The van der Waals surface area contributed by atoms with Crippen LogP contribution in [-0.2, 0) is 25.6 Å². The van der Waals surface area contributed by atoms with Crippen LogP contribution in [0.4, 0.5) is 0 Å². The maximum atomic E-state index is 13.2. The average molecular weight is 539 g/mol. The number of ether oxygens (including phenoxy) is 1. The molecule has 0 saturated carbocycles. The van der Waals surface area contributed by atoms with Crippen molar-refractivity contribution in [3.8, 4) is 5.75 Å². The Hall–Kier alpha value is -4.41. The van der Waals surface area contributed by atoms with Gasteiger partial charge in [0.15, 0.2) is 0 Å². The molecule has 0 spiro atoms. The summed E-state index contributed by atoms with van der Waals surface area (Å²) in [6.45, 7) is 3.85. The summed E-state index contributed by atoms with van der Waals surface area (Å²) in [6, 6.07) is 12.0. The molecule has 2 aromatic carbocycles. The Morgan fingerprint density at radius 1 is 0.949 bits per heavy atom. The smallest absolute Gasteiger partial charge is 0.326 e. The van der Waals surface area contributed by atoms with Gasteiger partial charge in [-0.15, -0.1) is 0 Å². The minimum Gasteiger partial charge on any atom is -0.493 e. The van der Waals surface area contributed by atoms with E-state index in [0.717, 1.165) is 5.56 Å². The second kappa shape index (κ2) is 13.9. The van der Waals surface area contributed by atoms with Crippen LogP contribution in [0.15, 0.2) is 54.6 Å². The van der Waals surface area contributed by atoms with Gasteiger partial charge in [-0.3, -0.25) is 19.2 Å². The SMILES string of the molecule is CC(C)[C@@H]1NC(=O)C[C@@H](C(=O)O)NC(=O)c2ccccc2OCCCNC(=O)[C@H](Cc2ccccc2)NC1=O. The highest BCUT2D eigenvalue weighted by Crippen LogP contribution is 2.18. The summed E-state index contributed by atoms with van der Waals surface area (Å²) >= 11 is 0. The number of carboxylic acids is 1. The topological polar surface area (TPSA) is 163 Å². The van der Waals surface area contributed by atoms with Crippen LogP contribution < -0.4 is 26.0 Å². The maximum absolute atomic E-state index is 13.2. The first-order valence-electron chi connectivity index (χ1n) is 12.8. The van der Waals surface area contributed by atoms with Gasteiger partial charge in [-0.25, -0.2) is 4.79 Å². The fraction of sp³-hybridized carbons (Fsp3) is 0.393. The van der Waals surface area contributed by atoms with Crippen LogP contribution in [-0.4, -0.2) is 66.0 Å². The van der Waals surface area contributed by atoms with Gasteiger partial charge in [-0.05, 0) is 30.0 Å². The number of rotatable bonds is 4. The number of aliphatic carboxylic acids is 1. The zero-order valence-electron chi connectivity index (χ0n) is 21.9. The summed E-state index contributed by atoms with van der Waals surface area (Å²) in [4.78, 5) is 63.9. The predicted molar refractivity (Wildman–Crippen MR) is 142 cm³/mol. The molecule has 3 rings (SSSR count). The van der Waals surface area contributed by atoms with Crippen LogP contribution in [0.1, 0.15) is 42.6 Å². The standard InChI is InChI=1S/C28H34N4O7/c1-17(2)24-27(36)30-20(15-18-9-4-3-5-10-18)26(35)29-13-8-14-39-22-12-7-6-11-19(22)25(34)31-21(28(37)38)16-23(33)32-24/h3-7,9-12,17,20-21,24H,8,13-16H2,1-2H3,(H,29,35)(H,30,36)(H,31,34)(H,32,33)(H,37,38)/t20-,21-,24-/m0/s1. The largest absolute Gasteiger partial charge is 0.493 e. The Balaban J connectivity index is 1.88. The van der Waals surface area contributed by atoms with Gasteiger partial charge in [0.2, 0.25) is 17.7 Å². The number of nitrogens with one attached hydrogen (secondary N) is 4. The molecule has 0 radical (unpaired) electrons. The fourth-order valence-electron chi connectivity index (χ4n) is 4.08. The van der Waals surface area contributed by atoms with E-state index in [1.807, 2.05) is 30.3 Å². The summed E-state index contributed by atoms with van der Waals surface area (Å²) in [5.74, 6) is -3.98. The minimum atomic E-state index is -1.54. The molecule has 0 bridgehead atoms.